The van der Waals surface area contributed by atoms with Gasteiger partial charge >= 0.3 is 0 Å². The van der Waals surface area contributed by atoms with E-state index in [0.29, 0.717) is 0 Å². The van der Waals surface area contributed by atoms with Gasteiger partial charge in [-0.05, 0) is 41.6 Å². The number of benzene rings is 1. The fraction of sp³-hybridized carbons (Fsp3) is 0.231. The van der Waals surface area contributed by atoms with Crippen LogP contribution in [0.15, 0.2) is 33.9 Å². The first-order valence-corrected chi connectivity index (χ1v) is 8.87. The van der Waals surface area contributed by atoms with Crippen molar-refractivity contribution in [2.24, 2.45) is 0 Å². The Morgan fingerprint density at radius 2 is 2.10 bits per heavy atom. The third-order valence-corrected chi connectivity index (χ3v) is 5.13. The maximum atomic E-state index is 14.3. The molecule has 1 heterocycles. The Kier molecular flexibility index (Phi) is 5.34. The quantitative estimate of drug-likeness (QED) is 0.844. The largest absolute Gasteiger partial charge is 0.316 e. The Morgan fingerprint density at radius 3 is 2.71 bits per heavy atom. The summed E-state index contributed by atoms with van der Waals surface area (Å²) in [5.41, 5.74) is 1.03. The van der Waals surface area contributed by atoms with Gasteiger partial charge in [0.2, 0.25) is 10.0 Å². The molecule has 2 N–H and O–H groups in total. The van der Waals surface area contributed by atoms with Gasteiger partial charge in [-0.2, -0.15) is 11.3 Å². The fourth-order valence-electron chi connectivity index (χ4n) is 1.78. The van der Waals surface area contributed by atoms with Gasteiger partial charge in [0.05, 0.1) is 0 Å². The van der Waals surface area contributed by atoms with Crippen LogP contribution >= 0.6 is 22.9 Å². The summed E-state index contributed by atoms with van der Waals surface area (Å²) >= 11 is 7.34. The molecule has 21 heavy (non-hydrogen) atoms. The van der Waals surface area contributed by atoms with Crippen LogP contribution in [0.5, 0.6) is 0 Å². The molecule has 4 nitrogen and oxygen atoms in total. The zero-order valence-electron chi connectivity index (χ0n) is 11.2. The average molecular weight is 349 g/mol. The molecule has 0 fully saturated rings. The molecule has 0 saturated carbocycles. The van der Waals surface area contributed by atoms with Crippen LogP contribution in [0.1, 0.15) is 11.1 Å². The molecule has 0 atom stereocenters. The number of hydrogen-bond acceptors (Lipinski definition) is 4. The van der Waals surface area contributed by atoms with E-state index in [9.17, 15) is 12.8 Å². The summed E-state index contributed by atoms with van der Waals surface area (Å²) < 4.78 is 41.1. The first-order valence-electron chi connectivity index (χ1n) is 6.07. The van der Waals surface area contributed by atoms with Gasteiger partial charge in [0, 0.05) is 23.7 Å². The molecule has 0 aliphatic rings. The van der Waals surface area contributed by atoms with E-state index in [1.54, 1.807) is 13.1 Å². The maximum absolute atomic E-state index is 14.3. The van der Waals surface area contributed by atoms with Crippen LogP contribution in [0.25, 0.3) is 0 Å². The third kappa shape index (κ3) is 4.02. The van der Waals surface area contributed by atoms with Crippen molar-refractivity contribution in [3.8, 4) is 0 Å². The van der Waals surface area contributed by atoms with Gasteiger partial charge in [-0.1, -0.05) is 11.6 Å². The van der Waals surface area contributed by atoms with Crippen LogP contribution in [0.2, 0.25) is 5.02 Å². The van der Waals surface area contributed by atoms with Crippen LogP contribution < -0.4 is 10.0 Å². The number of rotatable bonds is 6. The second-order valence-corrected chi connectivity index (χ2v) is 7.32. The van der Waals surface area contributed by atoms with Crippen molar-refractivity contribution in [1.29, 1.82) is 0 Å². The van der Waals surface area contributed by atoms with Crippen molar-refractivity contribution in [3.63, 3.8) is 0 Å². The Bertz CT molecular complexity index is 718. The van der Waals surface area contributed by atoms with Crippen LogP contribution in [0.4, 0.5) is 4.39 Å². The van der Waals surface area contributed by atoms with Gasteiger partial charge in [0.15, 0.2) is 0 Å². The van der Waals surface area contributed by atoms with Crippen LogP contribution in [0.3, 0.4) is 0 Å². The van der Waals surface area contributed by atoms with Gasteiger partial charge in [-0.25, -0.2) is 17.5 Å². The summed E-state index contributed by atoms with van der Waals surface area (Å²) in [6, 6.07) is 4.32. The smallest absolute Gasteiger partial charge is 0.243 e. The lowest BCUT2D eigenvalue weighted by molar-refractivity contribution is 0.546. The Hall–Kier alpha value is -0.990. The van der Waals surface area contributed by atoms with Gasteiger partial charge in [0.25, 0.3) is 0 Å². The molecule has 0 radical (unpaired) electrons. The summed E-state index contributed by atoms with van der Waals surface area (Å²) in [5.74, 6) is -0.786. The summed E-state index contributed by atoms with van der Waals surface area (Å²) in [6.07, 6.45) is 0. The van der Waals surface area contributed by atoms with E-state index in [2.05, 4.69) is 10.0 Å². The van der Waals surface area contributed by atoms with E-state index in [0.717, 1.165) is 11.6 Å². The second kappa shape index (κ2) is 6.85. The van der Waals surface area contributed by atoms with Crippen molar-refractivity contribution < 1.29 is 12.8 Å². The molecule has 2 aromatic rings. The Balaban J connectivity index is 2.30. The van der Waals surface area contributed by atoms with Crippen molar-refractivity contribution in [2.75, 3.05) is 7.05 Å². The SMILES string of the molecule is CNCc1cc(Cl)cc(S(=O)(=O)NCc2ccsc2)c1F. The molecule has 8 heteroatoms. The van der Waals surface area contributed by atoms with Gasteiger partial charge < -0.3 is 5.32 Å². The number of nitrogens with one attached hydrogen (secondary N) is 2. The molecule has 0 bridgehead atoms. The molecule has 114 valence electrons. The highest BCUT2D eigenvalue weighted by molar-refractivity contribution is 7.89. The van der Waals surface area contributed by atoms with Crippen molar-refractivity contribution >= 4 is 33.0 Å². The maximum Gasteiger partial charge on any atom is 0.243 e. The molecule has 1 aromatic heterocycles. The van der Waals surface area contributed by atoms with Crippen LogP contribution in [-0.4, -0.2) is 15.5 Å². The van der Waals surface area contributed by atoms with Gasteiger partial charge in [-0.3, -0.25) is 0 Å². The zero-order chi connectivity index (χ0) is 15.5. The highest BCUT2D eigenvalue weighted by Crippen LogP contribution is 2.24. The number of thiophene rings is 1. The lowest BCUT2D eigenvalue weighted by atomic mass is 10.2. The molecule has 2 rings (SSSR count). The predicted molar refractivity (Wildman–Crippen MR) is 82.5 cm³/mol. The molecule has 0 saturated heterocycles. The molecule has 0 amide bonds. The number of halogens is 2. The summed E-state index contributed by atoms with van der Waals surface area (Å²) in [5, 5.41) is 6.62. The van der Waals surface area contributed by atoms with E-state index >= 15 is 0 Å². The Morgan fingerprint density at radius 1 is 1.33 bits per heavy atom. The number of hydrogen-bond donors (Lipinski definition) is 2. The van der Waals surface area contributed by atoms with Crippen molar-refractivity contribution in [1.82, 2.24) is 10.0 Å². The minimum absolute atomic E-state index is 0.110. The topological polar surface area (TPSA) is 58.2 Å². The molecule has 0 aliphatic heterocycles. The second-order valence-electron chi connectivity index (χ2n) is 4.36. The van der Waals surface area contributed by atoms with Crippen molar-refractivity contribution in [2.45, 2.75) is 18.0 Å². The standard InChI is InChI=1S/C13H14ClFN2O2S2/c1-16-7-10-4-11(14)5-12(13(10)15)21(18,19)17-6-9-2-3-20-8-9/h2-5,8,16-17H,6-7H2,1H3. The van der Waals surface area contributed by atoms with E-state index in [1.807, 2.05) is 10.8 Å². The Labute approximate surface area is 132 Å². The minimum atomic E-state index is -3.96. The van der Waals surface area contributed by atoms with Gasteiger partial charge in [-0.15, -0.1) is 0 Å². The zero-order valence-corrected chi connectivity index (χ0v) is 13.6. The third-order valence-electron chi connectivity index (χ3n) is 2.78. The molecule has 0 unspecified atom stereocenters. The fourth-order valence-corrected chi connectivity index (χ4v) is 3.92. The van der Waals surface area contributed by atoms with Crippen LogP contribution in [-0.2, 0) is 23.1 Å². The monoisotopic (exact) mass is 348 g/mol. The predicted octanol–water partition coefficient (Wildman–Crippen LogP) is 2.74. The minimum Gasteiger partial charge on any atom is -0.316 e. The first-order chi connectivity index (χ1) is 9.94. The molecule has 0 aliphatic carbocycles. The summed E-state index contributed by atoms with van der Waals surface area (Å²) in [7, 11) is -2.32. The van der Waals surface area contributed by atoms with Gasteiger partial charge in [0.1, 0.15) is 10.7 Å². The van der Waals surface area contributed by atoms with E-state index < -0.39 is 20.7 Å². The normalized spacial score (nSPS) is 11.8. The average Bonchev–Trinajstić information content (AvgIpc) is 2.94. The van der Waals surface area contributed by atoms with E-state index in [4.69, 9.17) is 11.6 Å². The molecular weight excluding hydrogens is 335 g/mol. The number of sulfonamides is 1. The van der Waals surface area contributed by atoms with E-state index in [-0.39, 0.29) is 23.7 Å². The molecular formula is C13H14ClFN2O2S2. The highest BCUT2D eigenvalue weighted by Gasteiger charge is 2.22. The molecule has 0 spiro atoms. The lowest BCUT2D eigenvalue weighted by Gasteiger charge is -2.11. The van der Waals surface area contributed by atoms with E-state index in [1.165, 1.54) is 17.4 Å². The summed E-state index contributed by atoms with van der Waals surface area (Å²) in [4.78, 5) is -0.435. The first kappa shape index (κ1) is 16.4. The van der Waals surface area contributed by atoms with Crippen LogP contribution in [0, 0.1) is 5.82 Å². The lowest BCUT2D eigenvalue weighted by Crippen LogP contribution is -2.24. The summed E-state index contributed by atoms with van der Waals surface area (Å²) in [6.45, 7) is 0.304. The molecule has 1 aromatic carbocycles. The highest BCUT2D eigenvalue weighted by atomic mass is 35.5. The van der Waals surface area contributed by atoms with Crippen molar-refractivity contribution in [3.05, 3.63) is 50.9 Å².